The zero-order valence-corrected chi connectivity index (χ0v) is 7.84. The highest BCUT2D eigenvalue weighted by Crippen LogP contribution is 1.98. The molecule has 66 valence electrons. The summed E-state index contributed by atoms with van der Waals surface area (Å²) >= 11 is 1.40. The van der Waals surface area contributed by atoms with Crippen LogP contribution in [0.25, 0.3) is 0 Å². The third kappa shape index (κ3) is 1.76. The van der Waals surface area contributed by atoms with Crippen LogP contribution in [0.4, 0.5) is 0 Å². The second-order valence-electron chi connectivity index (χ2n) is 2.13. The van der Waals surface area contributed by atoms with Gasteiger partial charge in [0.05, 0.1) is 5.29 Å². The van der Waals surface area contributed by atoms with Gasteiger partial charge in [0.1, 0.15) is 5.01 Å². The molecule has 1 aromatic rings. The van der Waals surface area contributed by atoms with Crippen molar-refractivity contribution in [2.75, 3.05) is 0 Å². The highest BCUT2D eigenvalue weighted by molar-refractivity contribution is 7.08. The molecule has 0 spiro atoms. The summed E-state index contributed by atoms with van der Waals surface area (Å²) in [7, 11) is 0. The minimum Gasteiger partial charge on any atom is -0.237 e. The summed E-state index contributed by atoms with van der Waals surface area (Å²) in [6, 6.07) is 0. The molecule has 1 aromatic heterocycles. The Morgan fingerprint density at radius 2 is 2.33 bits per heavy atom. The second kappa shape index (κ2) is 4.10. The number of aryl methyl sites for hydroxylation is 2. The minimum absolute atomic E-state index is 0.573. The van der Waals surface area contributed by atoms with E-state index in [-0.39, 0.29) is 0 Å². The first-order chi connectivity index (χ1) is 5.81. The van der Waals surface area contributed by atoms with Crippen molar-refractivity contribution >= 4 is 11.3 Å². The predicted octanol–water partition coefficient (Wildman–Crippen LogP) is 1.11. The Hall–Kier alpha value is -1.04. The van der Waals surface area contributed by atoms with Gasteiger partial charge in [-0.2, -0.15) is 5.10 Å². The van der Waals surface area contributed by atoms with Crippen molar-refractivity contribution in [2.45, 2.75) is 26.8 Å². The Morgan fingerprint density at radius 1 is 1.58 bits per heavy atom. The number of nitrogens with zero attached hydrogens (tertiary/aromatic N) is 4. The lowest BCUT2D eigenvalue weighted by Gasteiger charge is -1.89. The number of aromatic nitrogens is 2. The monoisotopic (exact) mass is 186 g/mol. The quantitative estimate of drug-likeness (QED) is 0.524. The Bertz CT molecular complexity index is 327. The lowest BCUT2D eigenvalue weighted by atomic mass is 10.5. The standard InChI is InChI=1S/C6H10N4OS/c1-3-5-8-10(4-2)6(12-5)7-9-11/h3-4H2,1-2H3/b7-6+. The van der Waals surface area contributed by atoms with E-state index < -0.39 is 0 Å². The molecule has 6 heteroatoms. The number of hydrogen-bond acceptors (Lipinski definition) is 4. The second-order valence-corrected chi connectivity index (χ2v) is 3.17. The smallest absolute Gasteiger partial charge is 0.232 e. The molecule has 0 aliphatic carbocycles. The van der Waals surface area contributed by atoms with Crippen molar-refractivity contribution in [2.24, 2.45) is 10.4 Å². The molecular weight excluding hydrogens is 176 g/mol. The number of rotatable bonds is 3. The van der Waals surface area contributed by atoms with Crippen molar-refractivity contribution in [3.63, 3.8) is 0 Å². The fourth-order valence-corrected chi connectivity index (χ4v) is 1.66. The average molecular weight is 186 g/mol. The molecule has 0 saturated carbocycles. The fourth-order valence-electron chi connectivity index (χ4n) is 0.812. The van der Waals surface area contributed by atoms with Crippen molar-refractivity contribution in [1.82, 2.24) is 9.78 Å². The van der Waals surface area contributed by atoms with Crippen LogP contribution in [0.1, 0.15) is 18.9 Å². The number of hydrogen-bond donors (Lipinski definition) is 0. The van der Waals surface area contributed by atoms with Crippen molar-refractivity contribution in [1.29, 1.82) is 0 Å². The molecule has 0 aromatic carbocycles. The molecular formula is C6H10N4OS. The Morgan fingerprint density at radius 3 is 2.83 bits per heavy atom. The summed E-state index contributed by atoms with van der Waals surface area (Å²) in [5.41, 5.74) is 0. The van der Waals surface area contributed by atoms with E-state index in [1.165, 1.54) is 11.3 Å². The molecule has 0 unspecified atom stereocenters. The molecule has 0 fully saturated rings. The molecule has 0 amide bonds. The van der Waals surface area contributed by atoms with Gasteiger partial charge >= 0.3 is 0 Å². The first-order valence-corrected chi connectivity index (χ1v) is 4.56. The van der Waals surface area contributed by atoms with E-state index in [4.69, 9.17) is 0 Å². The van der Waals surface area contributed by atoms with E-state index in [2.05, 4.69) is 15.5 Å². The number of nitroso groups, excluding NO2 is 1. The highest BCUT2D eigenvalue weighted by Gasteiger charge is 2.00. The molecule has 5 nitrogen and oxygen atoms in total. The van der Waals surface area contributed by atoms with Gasteiger partial charge in [-0.3, -0.25) is 0 Å². The molecule has 0 aliphatic heterocycles. The first kappa shape index (κ1) is 9.05. The zero-order chi connectivity index (χ0) is 8.97. The fraction of sp³-hybridized carbons (Fsp3) is 0.667. The minimum atomic E-state index is 0.573. The maximum atomic E-state index is 9.89. The van der Waals surface area contributed by atoms with Crippen LogP contribution in [0.15, 0.2) is 10.4 Å². The zero-order valence-electron chi connectivity index (χ0n) is 7.02. The van der Waals surface area contributed by atoms with Gasteiger partial charge in [-0.1, -0.05) is 23.4 Å². The van der Waals surface area contributed by atoms with E-state index in [0.29, 0.717) is 11.3 Å². The maximum Gasteiger partial charge on any atom is 0.232 e. The molecule has 12 heavy (non-hydrogen) atoms. The van der Waals surface area contributed by atoms with Crippen LogP contribution in [-0.2, 0) is 13.0 Å². The largest absolute Gasteiger partial charge is 0.237 e. The predicted molar refractivity (Wildman–Crippen MR) is 46.5 cm³/mol. The van der Waals surface area contributed by atoms with Gasteiger partial charge in [0, 0.05) is 6.54 Å². The van der Waals surface area contributed by atoms with Crippen LogP contribution in [-0.4, -0.2) is 9.78 Å². The summed E-state index contributed by atoms with van der Waals surface area (Å²) in [6.07, 6.45) is 0.860. The molecule has 0 saturated heterocycles. The van der Waals surface area contributed by atoms with Crippen LogP contribution in [0.3, 0.4) is 0 Å². The van der Waals surface area contributed by atoms with Gasteiger partial charge in [-0.15, -0.1) is 4.91 Å². The topological polar surface area (TPSA) is 59.6 Å². The van der Waals surface area contributed by atoms with Crippen molar-refractivity contribution in [3.05, 3.63) is 14.7 Å². The molecule has 0 bridgehead atoms. The molecule has 1 heterocycles. The van der Waals surface area contributed by atoms with E-state index in [1.807, 2.05) is 13.8 Å². The molecule has 0 atom stereocenters. The van der Waals surface area contributed by atoms with Gasteiger partial charge in [0.15, 0.2) is 0 Å². The first-order valence-electron chi connectivity index (χ1n) is 3.75. The van der Waals surface area contributed by atoms with Crippen molar-refractivity contribution in [3.8, 4) is 0 Å². The summed E-state index contributed by atoms with van der Waals surface area (Å²) in [5.74, 6) is 0. The van der Waals surface area contributed by atoms with Crippen molar-refractivity contribution < 1.29 is 0 Å². The molecule has 0 N–H and O–H groups in total. The average Bonchev–Trinajstić information content (AvgIpc) is 2.48. The van der Waals surface area contributed by atoms with E-state index in [1.54, 1.807) is 4.68 Å². The van der Waals surface area contributed by atoms with Gasteiger partial charge in [-0.25, -0.2) is 4.68 Å². The van der Waals surface area contributed by atoms with E-state index in [9.17, 15) is 4.91 Å². The summed E-state index contributed by atoms with van der Waals surface area (Å²) < 4.78 is 1.67. The molecule has 0 radical (unpaired) electrons. The van der Waals surface area contributed by atoms with E-state index >= 15 is 0 Å². The molecule has 1 rings (SSSR count). The van der Waals surface area contributed by atoms with Crippen LogP contribution in [0.2, 0.25) is 0 Å². The maximum absolute atomic E-state index is 9.89. The summed E-state index contributed by atoms with van der Waals surface area (Å²) in [6.45, 7) is 4.67. The lowest BCUT2D eigenvalue weighted by molar-refractivity contribution is 0.616. The normalized spacial score (nSPS) is 12.0. The van der Waals surface area contributed by atoms with E-state index in [0.717, 1.165) is 11.4 Å². The van der Waals surface area contributed by atoms with Gasteiger partial charge in [0.2, 0.25) is 4.80 Å². The van der Waals surface area contributed by atoms with Crippen LogP contribution in [0.5, 0.6) is 0 Å². The highest BCUT2D eigenvalue weighted by atomic mass is 32.1. The van der Waals surface area contributed by atoms with Crippen LogP contribution < -0.4 is 4.80 Å². The lowest BCUT2D eigenvalue weighted by Crippen LogP contribution is -2.14. The third-order valence-electron chi connectivity index (χ3n) is 1.39. The Labute approximate surface area is 73.7 Å². The van der Waals surface area contributed by atoms with Gasteiger partial charge < -0.3 is 0 Å². The Kier molecular flexibility index (Phi) is 3.09. The molecule has 0 aliphatic rings. The summed E-state index contributed by atoms with van der Waals surface area (Å²) in [4.78, 5) is 10.5. The van der Waals surface area contributed by atoms with Gasteiger partial charge in [-0.05, 0) is 13.3 Å². The summed E-state index contributed by atoms with van der Waals surface area (Å²) in [5, 5.41) is 11.1. The third-order valence-corrected chi connectivity index (χ3v) is 2.47. The van der Waals surface area contributed by atoms with Gasteiger partial charge in [0.25, 0.3) is 0 Å². The Balaban J connectivity index is 3.16. The SMILES string of the molecule is CCc1nn(CC)/c(=N\N=O)s1. The van der Waals surface area contributed by atoms with Crippen LogP contribution in [0, 0.1) is 4.91 Å². The van der Waals surface area contributed by atoms with Crippen LogP contribution >= 0.6 is 11.3 Å².